The van der Waals surface area contributed by atoms with E-state index in [0.29, 0.717) is 22.8 Å². The molecule has 2 aromatic rings. The number of ether oxygens (including phenoxy) is 1. The number of halogens is 1. The Morgan fingerprint density at radius 1 is 1.16 bits per heavy atom. The first kappa shape index (κ1) is 22.4. The lowest BCUT2D eigenvalue weighted by Crippen LogP contribution is -2.19. The van der Waals surface area contributed by atoms with E-state index in [1.165, 1.54) is 32.6 Å². The van der Waals surface area contributed by atoms with Crippen molar-refractivity contribution in [3.63, 3.8) is 0 Å². The lowest BCUT2D eigenvalue weighted by Gasteiger charge is -2.09. The molecular formula is C24H23ClN2O4. The Labute approximate surface area is 186 Å². The molecule has 0 aliphatic heterocycles. The van der Waals surface area contributed by atoms with Crippen LogP contribution in [-0.4, -0.2) is 31.6 Å². The maximum Gasteiger partial charge on any atom is 0.360 e. The standard InChI is InChI=1S/C24H23ClN2O4/c1-16(8-9-17-12-13-20(25)14-22(17)18-10-11-18)26-31-15-19-6-4-5-7-21(19)23(27-30-3)24(28)29-2/h4-7,12-14,18H,10-11,15H2,1-3H3/b26-16+,27-23+. The van der Waals surface area contributed by atoms with Crippen molar-refractivity contribution in [3.05, 3.63) is 69.7 Å². The fraction of sp³-hybridized carbons (Fsp3) is 0.292. The van der Waals surface area contributed by atoms with Gasteiger partial charge in [-0.25, -0.2) is 4.79 Å². The van der Waals surface area contributed by atoms with Crippen molar-refractivity contribution >= 4 is 29.0 Å². The summed E-state index contributed by atoms with van der Waals surface area (Å²) in [4.78, 5) is 22.3. The molecule has 6 nitrogen and oxygen atoms in total. The molecule has 0 saturated heterocycles. The van der Waals surface area contributed by atoms with Gasteiger partial charge in [0.2, 0.25) is 0 Å². The predicted molar refractivity (Wildman–Crippen MR) is 120 cm³/mol. The first-order chi connectivity index (χ1) is 15.0. The van der Waals surface area contributed by atoms with Gasteiger partial charge in [0, 0.05) is 21.7 Å². The number of hydrogen-bond acceptors (Lipinski definition) is 6. The molecule has 0 bridgehead atoms. The number of methoxy groups -OCH3 is 1. The highest BCUT2D eigenvalue weighted by molar-refractivity contribution is 6.43. The van der Waals surface area contributed by atoms with Crippen LogP contribution in [0.1, 0.15) is 47.9 Å². The largest absolute Gasteiger partial charge is 0.464 e. The van der Waals surface area contributed by atoms with Crippen molar-refractivity contribution in [3.8, 4) is 11.8 Å². The molecule has 160 valence electrons. The van der Waals surface area contributed by atoms with Crippen LogP contribution in [0, 0.1) is 11.8 Å². The number of benzene rings is 2. The van der Waals surface area contributed by atoms with E-state index in [4.69, 9.17) is 26.0 Å². The first-order valence-corrected chi connectivity index (χ1v) is 10.2. The van der Waals surface area contributed by atoms with E-state index in [0.717, 1.165) is 10.6 Å². The molecule has 0 aromatic heterocycles. The van der Waals surface area contributed by atoms with Crippen LogP contribution in [0.2, 0.25) is 5.02 Å². The highest BCUT2D eigenvalue weighted by Crippen LogP contribution is 2.42. The molecule has 0 radical (unpaired) electrons. The molecule has 0 heterocycles. The molecule has 3 rings (SSSR count). The van der Waals surface area contributed by atoms with E-state index >= 15 is 0 Å². The molecule has 0 N–H and O–H groups in total. The van der Waals surface area contributed by atoms with Gasteiger partial charge in [0.25, 0.3) is 0 Å². The molecule has 0 spiro atoms. The number of esters is 1. The van der Waals surface area contributed by atoms with Crippen molar-refractivity contribution in [1.29, 1.82) is 0 Å². The topological polar surface area (TPSA) is 69.5 Å². The summed E-state index contributed by atoms with van der Waals surface area (Å²) >= 11 is 6.12. The Morgan fingerprint density at radius 2 is 1.94 bits per heavy atom. The van der Waals surface area contributed by atoms with E-state index in [2.05, 4.69) is 22.2 Å². The maximum atomic E-state index is 12.0. The van der Waals surface area contributed by atoms with Crippen LogP contribution in [-0.2, 0) is 25.8 Å². The SMILES string of the molecule is CO/N=C(/C(=O)OC)c1ccccc1CO/N=C(\C)C#Cc1ccc(Cl)cc1C1CC1. The van der Waals surface area contributed by atoms with Crippen molar-refractivity contribution < 1.29 is 19.2 Å². The molecule has 0 unspecified atom stereocenters. The summed E-state index contributed by atoms with van der Waals surface area (Å²) in [5.41, 5.74) is 4.00. The quantitative estimate of drug-likeness (QED) is 0.272. The lowest BCUT2D eigenvalue weighted by atomic mass is 10.0. The highest BCUT2D eigenvalue weighted by atomic mass is 35.5. The average Bonchev–Trinajstić information content (AvgIpc) is 3.62. The van der Waals surface area contributed by atoms with Crippen LogP contribution in [0.4, 0.5) is 0 Å². The van der Waals surface area contributed by atoms with Crippen LogP contribution in [0.3, 0.4) is 0 Å². The van der Waals surface area contributed by atoms with Gasteiger partial charge in [-0.1, -0.05) is 52.1 Å². The predicted octanol–water partition coefficient (Wildman–Crippen LogP) is 4.69. The minimum absolute atomic E-state index is 0.0556. The van der Waals surface area contributed by atoms with Gasteiger partial charge in [-0.15, -0.1) is 0 Å². The molecule has 1 fully saturated rings. The van der Waals surface area contributed by atoms with E-state index in [-0.39, 0.29) is 12.3 Å². The van der Waals surface area contributed by atoms with Gasteiger partial charge >= 0.3 is 5.97 Å². The minimum atomic E-state index is -0.603. The first-order valence-electron chi connectivity index (χ1n) is 9.79. The third-order valence-corrected chi connectivity index (χ3v) is 4.90. The van der Waals surface area contributed by atoms with Crippen LogP contribution in [0.25, 0.3) is 0 Å². The van der Waals surface area contributed by atoms with Crippen molar-refractivity contribution in [2.24, 2.45) is 10.3 Å². The number of nitrogens with zero attached hydrogens (tertiary/aromatic N) is 2. The van der Waals surface area contributed by atoms with Crippen molar-refractivity contribution in [2.45, 2.75) is 32.3 Å². The molecular weight excluding hydrogens is 416 g/mol. The van der Waals surface area contributed by atoms with E-state index in [1.807, 2.05) is 30.3 Å². The number of hydrogen-bond donors (Lipinski definition) is 0. The zero-order valence-corrected chi connectivity index (χ0v) is 18.4. The summed E-state index contributed by atoms with van der Waals surface area (Å²) in [5, 5.41) is 8.59. The fourth-order valence-corrected chi connectivity index (χ4v) is 3.20. The van der Waals surface area contributed by atoms with E-state index < -0.39 is 5.97 Å². The lowest BCUT2D eigenvalue weighted by molar-refractivity contribution is -0.132. The molecule has 1 aliphatic carbocycles. The van der Waals surface area contributed by atoms with Crippen LogP contribution >= 0.6 is 11.6 Å². The van der Waals surface area contributed by atoms with Gasteiger partial charge in [0.15, 0.2) is 5.71 Å². The normalized spacial score (nSPS) is 13.8. The van der Waals surface area contributed by atoms with Gasteiger partial charge < -0.3 is 14.4 Å². The second-order valence-corrected chi connectivity index (χ2v) is 7.41. The summed E-state index contributed by atoms with van der Waals surface area (Å²) in [5.74, 6) is 6.13. The van der Waals surface area contributed by atoms with Gasteiger partial charge in [0.05, 0.1) is 7.11 Å². The summed E-state index contributed by atoms with van der Waals surface area (Å²) in [6, 6.07) is 13.0. The summed E-state index contributed by atoms with van der Waals surface area (Å²) in [6.07, 6.45) is 2.34. The van der Waals surface area contributed by atoms with E-state index in [9.17, 15) is 4.79 Å². The third kappa shape index (κ3) is 6.09. The molecule has 2 aromatic carbocycles. The van der Waals surface area contributed by atoms with Crippen molar-refractivity contribution in [2.75, 3.05) is 14.2 Å². The number of carbonyl (C=O) groups is 1. The van der Waals surface area contributed by atoms with Crippen molar-refractivity contribution in [1.82, 2.24) is 0 Å². The van der Waals surface area contributed by atoms with Crippen LogP contribution in [0.15, 0.2) is 52.8 Å². The Hall–Kier alpha value is -3.30. The van der Waals surface area contributed by atoms with Gasteiger partial charge in [0.1, 0.15) is 19.4 Å². The zero-order chi connectivity index (χ0) is 22.2. The molecule has 7 heteroatoms. The van der Waals surface area contributed by atoms with Gasteiger partial charge in [-0.2, -0.15) is 0 Å². The minimum Gasteiger partial charge on any atom is -0.464 e. The average molecular weight is 439 g/mol. The molecule has 1 aliphatic rings. The smallest absolute Gasteiger partial charge is 0.360 e. The van der Waals surface area contributed by atoms with Gasteiger partial charge in [-0.05, 0) is 55.4 Å². The highest BCUT2D eigenvalue weighted by Gasteiger charge is 2.25. The van der Waals surface area contributed by atoms with E-state index in [1.54, 1.807) is 19.1 Å². The summed E-state index contributed by atoms with van der Waals surface area (Å²) < 4.78 is 4.78. The summed E-state index contributed by atoms with van der Waals surface area (Å²) in [6.45, 7) is 1.90. The van der Waals surface area contributed by atoms with Crippen LogP contribution in [0.5, 0.6) is 0 Å². The second-order valence-electron chi connectivity index (χ2n) is 6.98. The summed E-state index contributed by atoms with van der Waals surface area (Å²) in [7, 11) is 2.65. The molecule has 0 amide bonds. The number of carbonyl (C=O) groups excluding carboxylic acids is 1. The van der Waals surface area contributed by atoms with Gasteiger partial charge in [-0.3, -0.25) is 0 Å². The Bertz CT molecular complexity index is 1080. The molecule has 31 heavy (non-hydrogen) atoms. The Kier molecular flexibility index (Phi) is 7.69. The third-order valence-electron chi connectivity index (χ3n) is 4.66. The fourth-order valence-electron chi connectivity index (χ4n) is 3.02. The molecule has 1 saturated carbocycles. The zero-order valence-electron chi connectivity index (χ0n) is 17.6. The monoisotopic (exact) mass is 438 g/mol. The van der Waals surface area contributed by atoms with Crippen LogP contribution < -0.4 is 0 Å². The maximum absolute atomic E-state index is 12.0. The number of oxime groups is 2. The number of rotatable bonds is 7. The Morgan fingerprint density at radius 3 is 2.65 bits per heavy atom. The Balaban J connectivity index is 1.72. The second kappa shape index (κ2) is 10.6. The molecule has 0 atom stereocenters.